The minimum atomic E-state index is -0.444. The number of rotatable bonds is 8. The Bertz CT molecular complexity index is 429. The van der Waals surface area contributed by atoms with E-state index in [0.29, 0.717) is 19.2 Å². The van der Waals surface area contributed by atoms with Crippen LogP contribution in [0.1, 0.15) is 44.4 Å². The summed E-state index contributed by atoms with van der Waals surface area (Å²) in [5, 5.41) is 10.1. The summed E-state index contributed by atoms with van der Waals surface area (Å²) in [6.45, 7) is 14.5. The molecule has 0 amide bonds. The van der Waals surface area contributed by atoms with Gasteiger partial charge in [-0.05, 0) is 52.7 Å². The van der Waals surface area contributed by atoms with Crippen LogP contribution in [0.3, 0.4) is 0 Å². The Hall–Kier alpha value is -0.900. The Morgan fingerprint density at radius 1 is 1.14 bits per heavy atom. The monoisotopic (exact) mass is 293 g/mol. The molecule has 1 atom stereocenters. The van der Waals surface area contributed by atoms with Crippen LogP contribution in [0.4, 0.5) is 0 Å². The fourth-order valence-electron chi connectivity index (χ4n) is 2.33. The zero-order chi connectivity index (χ0) is 16.0. The van der Waals surface area contributed by atoms with Gasteiger partial charge in [-0.3, -0.25) is 4.90 Å². The molecule has 1 N–H and O–H groups in total. The quantitative estimate of drug-likeness (QED) is 0.798. The van der Waals surface area contributed by atoms with Crippen LogP contribution < -0.4 is 0 Å². The van der Waals surface area contributed by atoms with Crippen molar-refractivity contribution in [3.05, 3.63) is 34.9 Å². The van der Waals surface area contributed by atoms with Gasteiger partial charge in [0.1, 0.15) is 0 Å². The van der Waals surface area contributed by atoms with E-state index in [-0.39, 0.29) is 6.10 Å². The second-order valence-corrected chi connectivity index (χ2v) is 6.49. The highest BCUT2D eigenvalue weighted by molar-refractivity contribution is 5.30. The topological polar surface area (TPSA) is 32.7 Å². The number of ether oxygens (including phenoxy) is 1. The van der Waals surface area contributed by atoms with E-state index in [9.17, 15) is 5.11 Å². The second kappa shape index (κ2) is 8.52. The molecule has 0 saturated heterocycles. The Morgan fingerprint density at radius 2 is 1.81 bits per heavy atom. The summed E-state index contributed by atoms with van der Waals surface area (Å²) in [5.41, 5.74) is 3.93. The molecular weight excluding hydrogens is 262 g/mol. The van der Waals surface area contributed by atoms with Crippen LogP contribution in [0.25, 0.3) is 0 Å². The molecule has 0 spiro atoms. The second-order valence-electron chi connectivity index (χ2n) is 6.49. The summed E-state index contributed by atoms with van der Waals surface area (Å²) in [6.07, 6.45) is -0.285. The molecule has 0 aliphatic carbocycles. The summed E-state index contributed by atoms with van der Waals surface area (Å²) < 4.78 is 5.50. The molecule has 0 heterocycles. The van der Waals surface area contributed by atoms with E-state index in [1.54, 1.807) is 0 Å². The maximum atomic E-state index is 10.1. The van der Waals surface area contributed by atoms with Crippen molar-refractivity contribution in [1.82, 2.24) is 4.90 Å². The molecular formula is C18H31NO2. The maximum absolute atomic E-state index is 10.1. The number of aliphatic hydroxyl groups is 1. The first-order valence-corrected chi connectivity index (χ1v) is 7.89. The number of hydrogen-bond donors (Lipinski definition) is 1. The van der Waals surface area contributed by atoms with E-state index in [4.69, 9.17) is 4.74 Å². The minimum Gasteiger partial charge on any atom is -0.389 e. The smallest absolute Gasteiger partial charge is 0.0900 e. The van der Waals surface area contributed by atoms with E-state index < -0.39 is 6.10 Å². The molecule has 0 aliphatic rings. The van der Waals surface area contributed by atoms with Crippen LogP contribution in [0.15, 0.2) is 18.2 Å². The predicted octanol–water partition coefficient (Wildman–Crippen LogP) is 3.30. The first kappa shape index (κ1) is 18.1. The third-order valence-corrected chi connectivity index (χ3v) is 3.67. The Balaban J connectivity index is 2.65. The number of aliphatic hydroxyl groups excluding tert-OH is 1. The largest absolute Gasteiger partial charge is 0.389 e. The summed E-state index contributed by atoms with van der Waals surface area (Å²) in [4.78, 5) is 2.30. The van der Waals surface area contributed by atoms with Gasteiger partial charge < -0.3 is 9.84 Å². The predicted molar refractivity (Wildman–Crippen MR) is 88.6 cm³/mol. The van der Waals surface area contributed by atoms with Crippen molar-refractivity contribution in [2.75, 3.05) is 13.2 Å². The summed E-state index contributed by atoms with van der Waals surface area (Å²) >= 11 is 0. The molecule has 1 rings (SSSR count). The maximum Gasteiger partial charge on any atom is 0.0900 e. The molecule has 1 aromatic rings. The van der Waals surface area contributed by atoms with Crippen LogP contribution >= 0.6 is 0 Å². The van der Waals surface area contributed by atoms with Gasteiger partial charge in [-0.15, -0.1) is 0 Å². The van der Waals surface area contributed by atoms with Gasteiger partial charge in [0.2, 0.25) is 0 Å². The van der Waals surface area contributed by atoms with Gasteiger partial charge in [-0.1, -0.05) is 23.8 Å². The summed E-state index contributed by atoms with van der Waals surface area (Å²) in [7, 11) is 0. The zero-order valence-corrected chi connectivity index (χ0v) is 14.4. The SMILES string of the molecule is Cc1ccc(CN(C[C@H](O)COC(C)C)C(C)C)c(C)c1. The number of nitrogens with zero attached hydrogens (tertiary/aromatic N) is 1. The average Bonchev–Trinajstić information content (AvgIpc) is 2.38. The van der Waals surface area contributed by atoms with E-state index in [1.807, 2.05) is 13.8 Å². The highest BCUT2D eigenvalue weighted by Gasteiger charge is 2.16. The highest BCUT2D eigenvalue weighted by atomic mass is 16.5. The molecule has 120 valence electrons. The van der Waals surface area contributed by atoms with Gasteiger partial charge in [-0.2, -0.15) is 0 Å². The van der Waals surface area contributed by atoms with Crippen molar-refractivity contribution in [3.8, 4) is 0 Å². The van der Waals surface area contributed by atoms with Gasteiger partial charge >= 0.3 is 0 Å². The molecule has 0 saturated carbocycles. The lowest BCUT2D eigenvalue weighted by molar-refractivity contribution is -0.0136. The zero-order valence-electron chi connectivity index (χ0n) is 14.4. The van der Waals surface area contributed by atoms with Gasteiger partial charge in [0.25, 0.3) is 0 Å². The lowest BCUT2D eigenvalue weighted by Gasteiger charge is -2.29. The first-order valence-electron chi connectivity index (χ1n) is 7.89. The Morgan fingerprint density at radius 3 is 2.33 bits per heavy atom. The summed E-state index contributed by atoms with van der Waals surface area (Å²) in [6, 6.07) is 6.95. The van der Waals surface area contributed by atoms with Crippen molar-refractivity contribution >= 4 is 0 Å². The molecule has 3 heteroatoms. The lowest BCUT2D eigenvalue weighted by atomic mass is 10.0. The van der Waals surface area contributed by atoms with Crippen LogP contribution in [0.2, 0.25) is 0 Å². The van der Waals surface area contributed by atoms with E-state index in [0.717, 1.165) is 6.54 Å². The van der Waals surface area contributed by atoms with Crippen molar-refractivity contribution in [2.24, 2.45) is 0 Å². The summed E-state index contributed by atoms with van der Waals surface area (Å²) in [5.74, 6) is 0. The van der Waals surface area contributed by atoms with Gasteiger partial charge in [0.05, 0.1) is 18.8 Å². The van der Waals surface area contributed by atoms with Crippen molar-refractivity contribution in [1.29, 1.82) is 0 Å². The van der Waals surface area contributed by atoms with Crippen molar-refractivity contribution < 1.29 is 9.84 Å². The average molecular weight is 293 g/mol. The molecule has 0 fully saturated rings. The molecule has 0 bridgehead atoms. The highest BCUT2D eigenvalue weighted by Crippen LogP contribution is 2.15. The van der Waals surface area contributed by atoms with Crippen molar-refractivity contribution in [3.63, 3.8) is 0 Å². The molecule has 0 aromatic heterocycles. The molecule has 3 nitrogen and oxygen atoms in total. The normalized spacial score (nSPS) is 13.4. The minimum absolute atomic E-state index is 0.159. The Kier molecular flexibility index (Phi) is 7.36. The van der Waals surface area contributed by atoms with Crippen LogP contribution in [-0.2, 0) is 11.3 Å². The number of hydrogen-bond acceptors (Lipinski definition) is 3. The molecule has 0 aliphatic heterocycles. The van der Waals surface area contributed by atoms with Gasteiger partial charge in [0, 0.05) is 19.1 Å². The van der Waals surface area contributed by atoms with Crippen LogP contribution in [0.5, 0.6) is 0 Å². The third-order valence-electron chi connectivity index (χ3n) is 3.67. The van der Waals surface area contributed by atoms with Crippen LogP contribution in [0, 0.1) is 13.8 Å². The Labute approximate surface area is 129 Å². The van der Waals surface area contributed by atoms with Crippen molar-refractivity contribution in [2.45, 2.75) is 66.3 Å². The molecule has 0 radical (unpaired) electrons. The number of benzene rings is 1. The van der Waals surface area contributed by atoms with Gasteiger partial charge in [0.15, 0.2) is 0 Å². The standard InChI is InChI=1S/C18H31NO2/c1-13(2)19(11-18(20)12-21-14(3)4)10-17-8-7-15(5)9-16(17)6/h7-9,13-14,18,20H,10-12H2,1-6H3/t18-/m0/s1. The fraction of sp³-hybridized carbons (Fsp3) is 0.667. The van der Waals surface area contributed by atoms with E-state index >= 15 is 0 Å². The third kappa shape index (κ3) is 6.60. The van der Waals surface area contributed by atoms with Gasteiger partial charge in [-0.25, -0.2) is 0 Å². The lowest BCUT2D eigenvalue weighted by Crippen LogP contribution is -2.39. The van der Waals surface area contributed by atoms with E-state index in [1.165, 1.54) is 16.7 Å². The fourth-order valence-corrected chi connectivity index (χ4v) is 2.33. The molecule has 1 aromatic carbocycles. The number of aryl methyl sites for hydroxylation is 2. The molecule has 21 heavy (non-hydrogen) atoms. The van der Waals surface area contributed by atoms with Crippen LogP contribution in [-0.4, -0.2) is 41.4 Å². The first-order chi connectivity index (χ1) is 9.79. The van der Waals surface area contributed by atoms with E-state index in [2.05, 4.69) is 50.8 Å². The molecule has 0 unspecified atom stereocenters.